The van der Waals surface area contributed by atoms with Gasteiger partial charge in [-0.3, -0.25) is 9.59 Å². The number of nitrogens with one attached hydrogen (secondary N) is 1. The summed E-state index contributed by atoms with van der Waals surface area (Å²) in [6, 6.07) is 13.6. The number of carbonyl (C=O) groups excluding carboxylic acids is 2. The Hall–Kier alpha value is -3.02. The van der Waals surface area contributed by atoms with Crippen LogP contribution in [0.3, 0.4) is 0 Å². The van der Waals surface area contributed by atoms with Crippen molar-refractivity contribution in [2.75, 3.05) is 23.4 Å². The predicted octanol–water partition coefficient (Wildman–Crippen LogP) is 2.78. The molecule has 1 atom stereocenters. The van der Waals surface area contributed by atoms with E-state index < -0.39 is 5.92 Å². The summed E-state index contributed by atoms with van der Waals surface area (Å²) >= 11 is 0. The highest BCUT2D eigenvalue weighted by molar-refractivity contribution is 6.03. The van der Waals surface area contributed by atoms with E-state index in [1.807, 2.05) is 31.2 Å². The van der Waals surface area contributed by atoms with Crippen molar-refractivity contribution in [3.63, 3.8) is 0 Å². The summed E-state index contributed by atoms with van der Waals surface area (Å²) in [5, 5.41) is 12.2. The van der Waals surface area contributed by atoms with Gasteiger partial charge in [0, 0.05) is 30.4 Å². The summed E-state index contributed by atoms with van der Waals surface area (Å²) in [7, 11) is 0. The summed E-state index contributed by atoms with van der Waals surface area (Å²) in [5.41, 5.74) is 1.26. The first-order valence-corrected chi connectivity index (χ1v) is 8.20. The second-order valence-electron chi connectivity index (χ2n) is 5.87. The molecule has 0 unspecified atom stereocenters. The van der Waals surface area contributed by atoms with E-state index in [-0.39, 0.29) is 24.0 Å². The van der Waals surface area contributed by atoms with Gasteiger partial charge in [0.25, 0.3) is 0 Å². The lowest BCUT2D eigenvalue weighted by Crippen LogP contribution is -2.28. The van der Waals surface area contributed by atoms with Gasteiger partial charge in [0.2, 0.25) is 11.8 Å². The van der Waals surface area contributed by atoms with Crippen molar-refractivity contribution in [1.29, 1.82) is 0 Å². The SMILES string of the molecule is CCOc1ccc(N2C[C@@H](C(=O)Nc3cccc(O)c3)CC2=O)cc1. The fourth-order valence-corrected chi connectivity index (χ4v) is 2.85. The van der Waals surface area contributed by atoms with E-state index >= 15 is 0 Å². The molecule has 0 aromatic heterocycles. The molecule has 0 radical (unpaired) electrons. The molecule has 1 aliphatic heterocycles. The molecule has 2 aromatic rings. The minimum atomic E-state index is -0.429. The molecular weight excluding hydrogens is 320 g/mol. The molecule has 2 amide bonds. The molecule has 3 rings (SSSR count). The molecule has 0 spiro atoms. The number of rotatable bonds is 5. The molecule has 2 N–H and O–H groups in total. The number of hydrogen-bond donors (Lipinski definition) is 2. The Bertz CT molecular complexity index is 773. The highest BCUT2D eigenvalue weighted by Gasteiger charge is 2.35. The van der Waals surface area contributed by atoms with Gasteiger partial charge in [-0.25, -0.2) is 0 Å². The number of benzene rings is 2. The van der Waals surface area contributed by atoms with Crippen LogP contribution in [0, 0.1) is 5.92 Å². The number of aromatic hydroxyl groups is 1. The maximum absolute atomic E-state index is 12.4. The number of phenols is 1. The maximum Gasteiger partial charge on any atom is 0.229 e. The fraction of sp³-hybridized carbons (Fsp3) is 0.263. The molecule has 6 heteroatoms. The highest BCUT2D eigenvalue weighted by Crippen LogP contribution is 2.28. The van der Waals surface area contributed by atoms with Crippen LogP contribution in [0.15, 0.2) is 48.5 Å². The van der Waals surface area contributed by atoms with Gasteiger partial charge in [-0.2, -0.15) is 0 Å². The summed E-state index contributed by atoms with van der Waals surface area (Å²) < 4.78 is 5.40. The summed E-state index contributed by atoms with van der Waals surface area (Å²) in [4.78, 5) is 26.3. The normalized spacial score (nSPS) is 16.8. The first-order chi connectivity index (χ1) is 12.1. The van der Waals surface area contributed by atoms with Gasteiger partial charge in [-0.05, 0) is 43.3 Å². The zero-order chi connectivity index (χ0) is 17.8. The standard InChI is InChI=1S/C19H20N2O4/c1-2-25-17-8-6-15(7-9-17)21-12-13(10-18(21)23)19(24)20-14-4-3-5-16(22)11-14/h3-9,11,13,22H,2,10,12H2,1H3,(H,20,24)/t13-/m0/s1. The predicted molar refractivity (Wildman–Crippen MR) is 94.8 cm³/mol. The number of hydrogen-bond acceptors (Lipinski definition) is 4. The number of phenolic OH excluding ortho intramolecular Hbond substituents is 1. The molecule has 130 valence electrons. The summed E-state index contributed by atoms with van der Waals surface area (Å²) in [5.74, 6) is 0.0846. The van der Waals surface area contributed by atoms with E-state index in [1.54, 1.807) is 17.0 Å². The first kappa shape index (κ1) is 16.8. The van der Waals surface area contributed by atoms with E-state index in [2.05, 4.69) is 5.32 Å². The molecule has 1 heterocycles. The van der Waals surface area contributed by atoms with Crippen LogP contribution < -0.4 is 15.0 Å². The Balaban J connectivity index is 1.66. The van der Waals surface area contributed by atoms with Gasteiger partial charge < -0.3 is 20.1 Å². The van der Waals surface area contributed by atoms with Crippen molar-refractivity contribution in [2.24, 2.45) is 5.92 Å². The smallest absolute Gasteiger partial charge is 0.229 e. The Morgan fingerprint density at radius 2 is 2.04 bits per heavy atom. The monoisotopic (exact) mass is 340 g/mol. The number of anilines is 2. The van der Waals surface area contributed by atoms with Gasteiger partial charge in [0.15, 0.2) is 0 Å². The van der Waals surface area contributed by atoms with E-state index in [4.69, 9.17) is 4.74 Å². The third-order valence-corrected chi connectivity index (χ3v) is 4.07. The van der Waals surface area contributed by atoms with Crippen LogP contribution in [0.2, 0.25) is 0 Å². The average Bonchev–Trinajstić information content (AvgIpc) is 2.98. The molecule has 1 fully saturated rings. The van der Waals surface area contributed by atoms with Crippen LogP contribution in [0.1, 0.15) is 13.3 Å². The zero-order valence-corrected chi connectivity index (χ0v) is 13.9. The molecule has 25 heavy (non-hydrogen) atoms. The second kappa shape index (κ2) is 7.25. The Kier molecular flexibility index (Phi) is 4.88. The molecule has 0 aliphatic carbocycles. The van der Waals surface area contributed by atoms with E-state index in [0.717, 1.165) is 11.4 Å². The minimum absolute atomic E-state index is 0.0799. The second-order valence-corrected chi connectivity index (χ2v) is 5.87. The lowest BCUT2D eigenvalue weighted by Gasteiger charge is -2.17. The van der Waals surface area contributed by atoms with Crippen LogP contribution in [0.5, 0.6) is 11.5 Å². The fourth-order valence-electron chi connectivity index (χ4n) is 2.85. The van der Waals surface area contributed by atoms with Crippen molar-refractivity contribution >= 4 is 23.2 Å². The molecule has 1 saturated heterocycles. The summed E-state index contributed by atoms with van der Waals surface area (Å²) in [6.45, 7) is 2.82. The van der Waals surface area contributed by atoms with Crippen LogP contribution in [-0.4, -0.2) is 30.1 Å². The van der Waals surface area contributed by atoms with Gasteiger partial charge in [-0.15, -0.1) is 0 Å². The number of amides is 2. The van der Waals surface area contributed by atoms with Gasteiger partial charge in [0.1, 0.15) is 11.5 Å². The zero-order valence-electron chi connectivity index (χ0n) is 13.9. The topological polar surface area (TPSA) is 78.9 Å². The number of nitrogens with zero attached hydrogens (tertiary/aromatic N) is 1. The first-order valence-electron chi connectivity index (χ1n) is 8.20. The minimum Gasteiger partial charge on any atom is -0.508 e. The van der Waals surface area contributed by atoms with Crippen LogP contribution in [0.4, 0.5) is 11.4 Å². The van der Waals surface area contributed by atoms with E-state index in [0.29, 0.717) is 18.8 Å². The van der Waals surface area contributed by atoms with Crippen molar-refractivity contribution < 1.29 is 19.4 Å². The number of carbonyl (C=O) groups is 2. The quantitative estimate of drug-likeness (QED) is 0.877. The van der Waals surface area contributed by atoms with Crippen molar-refractivity contribution in [3.05, 3.63) is 48.5 Å². The van der Waals surface area contributed by atoms with Crippen molar-refractivity contribution in [3.8, 4) is 11.5 Å². The third kappa shape index (κ3) is 3.91. The largest absolute Gasteiger partial charge is 0.508 e. The van der Waals surface area contributed by atoms with Gasteiger partial charge >= 0.3 is 0 Å². The molecule has 2 aromatic carbocycles. The Morgan fingerprint density at radius 3 is 2.72 bits per heavy atom. The van der Waals surface area contributed by atoms with Crippen LogP contribution in [-0.2, 0) is 9.59 Å². The third-order valence-electron chi connectivity index (χ3n) is 4.07. The Labute approximate surface area is 146 Å². The molecule has 6 nitrogen and oxygen atoms in total. The van der Waals surface area contributed by atoms with Crippen LogP contribution in [0.25, 0.3) is 0 Å². The van der Waals surface area contributed by atoms with Crippen molar-refractivity contribution in [2.45, 2.75) is 13.3 Å². The van der Waals surface area contributed by atoms with Gasteiger partial charge in [-0.1, -0.05) is 6.07 Å². The van der Waals surface area contributed by atoms with Crippen LogP contribution >= 0.6 is 0 Å². The molecular formula is C19H20N2O4. The van der Waals surface area contributed by atoms with Crippen molar-refractivity contribution in [1.82, 2.24) is 0 Å². The average molecular weight is 340 g/mol. The van der Waals surface area contributed by atoms with E-state index in [9.17, 15) is 14.7 Å². The molecule has 1 aliphatic rings. The lowest BCUT2D eigenvalue weighted by molar-refractivity contribution is -0.122. The highest BCUT2D eigenvalue weighted by atomic mass is 16.5. The van der Waals surface area contributed by atoms with Gasteiger partial charge in [0.05, 0.1) is 12.5 Å². The number of ether oxygens (including phenoxy) is 1. The van der Waals surface area contributed by atoms with E-state index in [1.165, 1.54) is 12.1 Å². The maximum atomic E-state index is 12.4. The summed E-state index contributed by atoms with van der Waals surface area (Å²) in [6.07, 6.45) is 0.165. The lowest BCUT2D eigenvalue weighted by atomic mass is 10.1. The molecule has 0 bridgehead atoms. The Morgan fingerprint density at radius 1 is 1.28 bits per heavy atom. The molecule has 0 saturated carbocycles.